The van der Waals surface area contributed by atoms with E-state index in [1.807, 2.05) is 4.90 Å². The van der Waals surface area contributed by atoms with Crippen LogP contribution in [0.25, 0.3) is 0 Å². The Kier molecular flexibility index (Phi) is 7.45. The number of aliphatic hydroxyl groups is 1. The van der Waals surface area contributed by atoms with E-state index >= 15 is 0 Å². The average molecular weight is 289 g/mol. The molecule has 0 bridgehead atoms. The Morgan fingerprint density at radius 3 is 2.30 bits per heavy atom. The number of rotatable bonds is 6. The minimum Gasteiger partial charge on any atom is -0.395 e. The molecule has 1 heterocycles. The number of amides is 2. The lowest BCUT2D eigenvalue weighted by Gasteiger charge is -2.33. The summed E-state index contributed by atoms with van der Waals surface area (Å²) < 4.78 is 9.85. The number of nitrogens with one attached hydrogen (secondary N) is 1. The van der Waals surface area contributed by atoms with Gasteiger partial charge >= 0.3 is 11.8 Å². The number of β-amino-alcohol motifs (C(OH)–C–C–N with tert-alkyl or cyclic N) is 1. The second-order valence-corrected chi connectivity index (χ2v) is 4.47. The van der Waals surface area contributed by atoms with Crippen molar-refractivity contribution in [2.75, 3.05) is 60.1 Å². The lowest BCUT2D eigenvalue weighted by atomic mass is 10.3. The van der Waals surface area contributed by atoms with Crippen LogP contribution in [0.15, 0.2) is 0 Å². The third kappa shape index (κ3) is 5.04. The fourth-order valence-corrected chi connectivity index (χ4v) is 1.97. The number of ether oxygens (including phenoxy) is 2. The molecule has 8 heteroatoms. The Bertz CT molecular complexity index is 314. The first kappa shape index (κ1) is 16.8. The molecule has 20 heavy (non-hydrogen) atoms. The van der Waals surface area contributed by atoms with Gasteiger partial charge in [0.15, 0.2) is 6.29 Å². The Balaban J connectivity index is 2.33. The molecule has 0 unspecified atom stereocenters. The molecule has 0 aromatic carbocycles. The van der Waals surface area contributed by atoms with Crippen molar-refractivity contribution in [3.63, 3.8) is 0 Å². The fourth-order valence-electron chi connectivity index (χ4n) is 1.97. The van der Waals surface area contributed by atoms with E-state index in [-0.39, 0.29) is 13.2 Å². The lowest BCUT2D eigenvalue weighted by molar-refractivity contribution is -0.148. The van der Waals surface area contributed by atoms with Gasteiger partial charge in [-0.15, -0.1) is 0 Å². The van der Waals surface area contributed by atoms with Crippen molar-refractivity contribution >= 4 is 11.8 Å². The van der Waals surface area contributed by atoms with Crippen molar-refractivity contribution in [1.82, 2.24) is 15.1 Å². The summed E-state index contributed by atoms with van der Waals surface area (Å²) in [5, 5.41) is 11.3. The van der Waals surface area contributed by atoms with Gasteiger partial charge in [-0.1, -0.05) is 0 Å². The minimum atomic E-state index is -0.653. The zero-order valence-electron chi connectivity index (χ0n) is 12.0. The molecule has 0 aromatic heterocycles. The van der Waals surface area contributed by atoms with Crippen LogP contribution in [-0.4, -0.2) is 93.1 Å². The van der Waals surface area contributed by atoms with Gasteiger partial charge in [0, 0.05) is 46.9 Å². The zero-order valence-corrected chi connectivity index (χ0v) is 12.0. The predicted octanol–water partition coefficient (Wildman–Crippen LogP) is -2.14. The van der Waals surface area contributed by atoms with Gasteiger partial charge in [0.25, 0.3) is 0 Å². The van der Waals surface area contributed by atoms with Crippen LogP contribution in [-0.2, 0) is 19.1 Å². The number of carbonyl (C=O) groups is 2. The Labute approximate surface area is 118 Å². The summed E-state index contributed by atoms with van der Waals surface area (Å²) in [4.78, 5) is 27.2. The highest BCUT2D eigenvalue weighted by molar-refractivity contribution is 6.35. The number of aliphatic hydroxyl groups excluding tert-OH is 1. The van der Waals surface area contributed by atoms with Crippen molar-refractivity contribution in [1.29, 1.82) is 0 Å². The molecule has 0 spiro atoms. The van der Waals surface area contributed by atoms with Gasteiger partial charge in [0.1, 0.15) is 0 Å². The van der Waals surface area contributed by atoms with E-state index in [4.69, 9.17) is 14.6 Å². The third-order valence-electron chi connectivity index (χ3n) is 3.23. The van der Waals surface area contributed by atoms with E-state index in [9.17, 15) is 9.59 Å². The molecule has 0 saturated carbocycles. The maximum atomic E-state index is 11.9. The summed E-state index contributed by atoms with van der Waals surface area (Å²) in [6.07, 6.45) is -0.562. The molecule has 8 nitrogen and oxygen atoms in total. The predicted molar refractivity (Wildman–Crippen MR) is 70.9 cm³/mol. The molecule has 0 aromatic rings. The van der Waals surface area contributed by atoms with E-state index in [1.54, 1.807) is 0 Å². The number of methoxy groups -OCH3 is 2. The highest BCUT2D eigenvalue weighted by Crippen LogP contribution is 2.01. The quantitative estimate of drug-likeness (QED) is 0.428. The summed E-state index contributed by atoms with van der Waals surface area (Å²) in [7, 11) is 2.92. The number of hydrogen-bond acceptors (Lipinski definition) is 6. The summed E-state index contributed by atoms with van der Waals surface area (Å²) in [6.45, 7) is 3.13. The van der Waals surface area contributed by atoms with Crippen LogP contribution >= 0.6 is 0 Å². The number of carbonyl (C=O) groups excluding carboxylic acids is 2. The van der Waals surface area contributed by atoms with Crippen LogP contribution in [0.3, 0.4) is 0 Å². The second kappa shape index (κ2) is 8.85. The highest BCUT2D eigenvalue weighted by Gasteiger charge is 2.26. The van der Waals surface area contributed by atoms with E-state index in [1.165, 1.54) is 19.1 Å². The number of hydrogen-bond donors (Lipinski definition) is 2. The molecule has 1 aliphatic heterocycles. The van der Waals surface area contributed by atoms with E-state index in [0.717, 1.165) is 0 Å². The summed E-state index contributed by atoms with van der Waals surface area (Å²) in [5.41, 5.74) is 0. The van der Waals surface area contributed by atoms with Gasteiger partial charge in [0.05, 0.1) is 13.2 Å². The van der Waals surface area contributed by atoms with Crippen molar-refractivity contribution in [3.05, 3.63) is 0 Å². The Morgan fingerprint density at radius 2 is 1.80 bits per heavy atom. The van der Waals surface area contributed by atoms with Gasteiger partial charge < -0.3 is 24.8 Å². The zero-order chi connectivity index (χ0) is 15.0. The Morgan fingerprint density at radius 1 is 1.20 bits per heavy atom. The van der Waals surface area contributed by atoms with Crippen molar-refractivity contribution < 1.29 is 24.2 Å². The highest BCUT2D eigenvalue weighted by atomic mass is 16.7. The lowest BCUT2D eigenvalue weighted by Crippen LogP contribution is -2.53. The van der Waals surface area contributed by atoms with Gasteiger partial charge in [0.2, 0.25) is 0 Å². The SMILES string of the molecule is COC(CNC(=O)C(=O)N1CCN(CCO)CC1)OC. The van der Waals surface area contributed by atoms with Crippen molar-refractivity contribution in [3.8, 4) is 0 Å². The molecule has 1 aliphatic rings. The fraction of sp³-hybridized carbons (Fsp3) is 0.833. The van der Waals surface area contributed by atoms with Gasteiger partial charge in [-0.05, 0) is 0 Å². The first-order valence-electron chi connectivity index (χ1n) is 6.58. The summed E-state index contributed by atoms with van der Waals surface area (Å²) in [5.74, 6) is -1.20. The number of nitrogens with zero attached hydrogens (tertiary/aromatic N) is 2. The molecule has 1 saturated heterocycles. The van der Waals surface area contributed by atoms with Crippen LogP contribution in [0.4, 0.5) is 0 Å². The minimum absolute atomic E-state index is 0.101. The van der Waals surface area contributed by atoms with E-state index in [2.05, 4.69) is 5.32 Å². The van der Waals surface area contributed by atoms with Crippen LogP contribution < -0.4 is 5.32 Å². The van der Waals surface area contributed by atoms with E-state index in [0.29, 0.717) is 32.7 Å². The second-order valence-electron chi connectivity index (χ2n) is 4.47. The molecular weight excluding hydrogens is 266 g/mol. The smallest absolute Gasteiger partial charge is 0.311 e. The number of piperazine rings is 1. The molecule has 0 radical (unpaired) electrons. The van der Waals surface area contributed by atoms with Gasteiger partial charge in [-0.25, -0.2) is 0 Å². The standard InChI is InChI=1S/C12H23N3O5/c1-19-10(20-2)9-13-11(17)12(18)15-5-3-14(4-6-15)7-8-16/h10,16H,3-9H2,1-2H3,(H,13,17). The maximum absolute atomic E-state index is 11.9. The topological polar surface area (TPSA) is 91.3 Å². The normalized spacial score (nSPS) is 16.5. The van der Waals surface area contributed by atoms with Crippen LogP contribution in [0.5, 0.6) is 0 Å². The average Bonchev–Trinajstić information content (AvgIpc) is 2.48. The maximum Gasteiger partial charge on any atom is 0.311 e. The monoisotopic (exact) mass is 289 g/mol. The molecule has 1 rings (SSSR count). The molecule has 0 atom stereocenters. The van der Waals surface area contributed by atoms with Crippen molar-refractivity contribution in [2.45, 2.75) is 6.29 Å². The molecule has 0 aliphatic carbocycles. The van der Waals surface area contributed by atoms with Gasteiger partial charge in [-0.3, -0.25) is 14.5 Å². The van der Waals surface area contributed by atoms with Crippen LogP contribution in [0.2, 0.25) is 0 Å². The first-order chi connectivity index (χ1) is 9.62. The van der Waals surface area contributed by atoms with Gasteiger partial charge in [-0.2, -0.15) is 0 Å². The molecule has 1 fully saturated rings. The first-order valence-corrected chi connectivity index (χ1v) is 6.58. The molecule has 2 N–H and O–H groups in total. The summed E-state index contributed by atoms with van der Waals surface area (Å²) >= 11 is 0. The third-order valence-corrected chi connectivity index (χ3v) is 3.23. The Hall–Kier alpha value is -1.22. The molecule has 2 amide bonds. The molecular formula is C12H23N3O5. The van der Waals surface area contributed by atoms with Crippen molar-refractivity contribution in [2.24, 2.45) is 0 Å². The van der Waals surface area contributed by atoms with E-state index < -0.39 is 18.1 Å². The molecule has 116 valence electrons. The van der Waals surface area contributed by atoms with Crippen LogP contribution in [0, 0.1) is 0 Å². The van der Waals surface area contributed by atoms with Crippen LogP contribution in [0.1, 0.15) is 0 Å². The largest absolute Gasteiger partial charge is 0.395 e. The summed E-state index contributed by atoms with van der Waals surface area (Å²) in [6, 6.07) is 0.